The van der Waals surface area contributed by atoms with Gasteiger partial charge in [0.1, 0.15) is 5.75 Å². The minimum absolute atomic E-state index is 0.126. The number of hydrogen-bond acceptors (Lipinski definition) is 4. The standard InChI is InChI=1S/C16H26N2O2/c1-4-18(11-14-6-5-9-19-14)13-7-8-15(17)16(10-13)20-12(2)3/h7-8,10,12,14H,4-6,9,11,17H2,1-3H3. The lowest BCUT2D eigenvalue weighted by Gasteiger charge is -2.27. The van der Waals surface area contributed by atoms with Gasteiger partial charge in [-0.15, -0.1) is 0 Å². The van der Waals surface area contributed by atoms with E-state index in [4.69, 9.17) is 15.2 Å². The van der Waals surface area contributed by atoms with Crippen LogP contribution >= 0.6 is 0 Å². The Balaban J connectivity index is 2.11. The van der Waals surface area contributed by atoms with Crippen LogP contribution in [0.15, 0.2) is 18.2 Å². The Morgan fingerprint density at radius 3 is 2.85 bits per heavy atom. The van der Waals surface area contributed by atoms with E-state index in [0.717, 1.165) is 37.6 Å². The molecule has 1 saturated heterocycles. The number of ether oxygens (including phenoxy) is 2. The van der Waals surface area contributed by atoms with Crippen LogP contribution in [0.25, 0.3) is 0 Å². The summed E-state index contributed by atoms with van der Waals surface area (Å²) in [5, 5.41) is 0. The molecule has 2 N–H and O–H groups in total. The van der Waals surface area contributed by atoms with Crippen LogP contribution < -0.4 is 15.4 Å². The van der Waals surface area contributed by atoms with Gasteiger partial charge in [0, 0.05) is 31.5 Å². The fourth-order valence-corrected chi connectivity index (χ4v) is 2.53. The molecule has 0 spiro atoms. The number of nitrogens with zero attached hydrogens (tertiary/aromatic N) is 1. The van der Waals surface area contributed by atoms with Crippen LogP contribution in [-0.4, -0.2) is 31.9 Å². The summed E-state index contributed by atoms with van der Waals surface area (Å²) in [4.78, 5) is 2.32. The van der Waals surface area contributed by atoms with E-state index in [-0.39, 0.29) is 6.10 Å². The number of nitrogen functional groups attached to an aromatic ring is 1. The smallest absolute Gasteiger partial charge is 0.144 e. The first-order valence-electron chi connectivity index (χ1n) is 7.53. The lowest BCUT2D eigenvalue weighted by atomic mass is 10.2. The highest BCUT2D eigenvalue weighted by Gasteiger charge is 2.19. The van der Waals surface area contributed by atoms with Crippen LogP contribution in [0.2, 0.25) is 0 Å². The number of hydrogen-bond donors (Lipinski definition) is 1. The highest BCUT2D eigenvalue weighted by atomic mass is 16.5. The number of rotatable bonds is 6. The summed E-state index contributed by atoms with van der Waals surface area (Å²) in [5.74, 6) is 0.767. The lowest BCUT2D eigenvalue weighted by molar-refractivity contribution is 0.115. The van der Waals surface area contributed by atoms with Crippen molar-refractivity contribution in [2.75, 3.05) is 30.3 Å². The van der Waals surface area contributed by atoms with Gasteiger partial charge in [-0.05, 0) is 45.7 Å². The molecule has 1 aromatic rings. The Hall–Kier alpha value is -1.42. The van der Waals surface area contributed by atoms with E-state index in [9.17, 15) is 0 Å². The fourth-order valence-electron chi connectivity index (χ4n) is 2.53. The zero-order valence-corrected chi connectivity index (χ0v) is 12.8. The molecule has 2 rings (SSSR count). The zero-order chi connectivity index (χ0) is 14.5. The van der Waals surface area contributed by atoms with E-state index >= 15 is 0 Å². The second-order valence-electron chi connectivity index (χ2n) is 5.56. The molecule has 1 unspecified atom stereocenters. The first-order valence-corrected chi connectivity index (χ1v) is 7.53. The molecular weight excluding hydrogens is 252 g/mol. The van der Waals surface area contributed by atoms with E-state index in [2.05, 4.69) is 17.9 Å². The number of likely N-dealkylation sites (N-methyl/N-ethyl adjacent to an activating group) is 1. The summed E-state index contributed by atoms with van der Waals surface area (Å²) in [5.41, 5.74) is 7.81. The van der Waals surface area contributed by atoms with Crippen molar-refractivity contribution in [2.24, 2.45) is 0 Å². The second kappa shape index (κ2) is 6.84. The Morgan fingerprint density at radius 1 is 1.45 bits per heavy atom. The molecule has 1 fully saturated rings. The van der Waals surface area contributed by atoms with Gasteiger partial charge in [-0.2, -0.15) is 0 Å². The molecule has 0 amide bonds. The maximum absolute atomic E-state index is 5.97. The summed E-state index contributed by atoms with van der Waals surface area (Å²) in [6, 6.07) is 6.01. The molecule has 1 aliphatic rings. The SMILES string of the molecule is CCN(CC1CCCO1)c1ccc(N)c(OC(C)C)c1. The molecule has 4 nitrogen and oxygen atoms in total. The molecule has 0 saturated carbocycles. The predicted molar refractivity (Wildman–Crippen MR) is 83.5 cm³/mol. The molecule has 1 aromatic carbocycles. The first kappa shape index (κ1) is 15.0. The summed E-state index contributed by atoms with van der Waals surface area (Å²) < 4.78 is 11.5. The summed E-state index contributed by atoms with van der Waals surface area (Å²) in [7, 11) is 0. The maximum Gasteiger partial charge on any atom is 0.144 e. The van der Waals surface area contributed by atoms with Crippen molar-refractivity contribution >= 4 is 11.4 Å². The highest BCUT2D eigenvalue weighted by molar-refractivity contribution is 5.62. The predicted octanol–water partition coefficient (Wildman–Crippen LogP) is 3.06. The van der Waals surface area contributed by atoms with E-state index in [0.29, 0.717) is 11.8 Å². The topological polar surface area (TPSA) is 47.7 Å². The quantitative estimate of drug-likeness (QED) is 0.812. The first-order chi connectivity index (χ1) is 9.60. The second-order valence-corrected chi connectivity index (χ2v) is 5.56. The Bertz CT molecular complexity index is 428. The third kappa shape index (κ3) is 3.79. The minimum atomic E-state index is 0.126. The normalized spacial score (nSPS) is 18.5. The van der Waals surface area contributed by atoms with Crippen molar-refractivity contribution in [3.63, 3.8) is 0 Å². The van der Waals surface area contributed by atoms with Gasteiger partial charge < -0.3 is 20.1 Å². The number of nitrogens with two attached hydrogens (primary N) is 1. The van der Waals surface area contributed by atoms with Crippen molar-refractivity contribution in [2.45, 2.75) is 45.8 Å². The minimum Gasteiger partial charge on any atom is -0.489 e. The number of anilines is 2. The van der Waals surface area contributed by atoms with Gasteiger partial charge in [-0.1, -0.05) is 0 Å². The number of benzene rings is 1. The molecule has 4 heteroatoms. The monoisotopic (exact) mass is 278 g/mol. The van der Waals surface area contributed by atoms with Gasteiger partial charge in [-0.25, -0.2) is 0 Å². The Labute approximate surface area is 121 Å². The molecule has 1 aliphatic heterocycles. The third-order valence-corrected chi connectivity index (χ3v) is 3.55. The largest absolute Gasteiger partial charge is 0.489 e. The van der Waals surface area contributed by atoms with Crippen molar-refractivity contribution in [1.29, 1.82) is 0 Å². The van der Waals surface area contributed by atoms with Crippen molar-refractivity contribution < 1.29 is 9.47 Å². The molecule has 0 radical (unpaired) electrons. The lowest BCUT2D eigenvalue weighted by Crippen LogP contribution is -2.32. The van der Waals surface area contributed by atoms with Crippen LogP contribution in [0.1, 0.15) is 33.6 Å². The fraction of sp³-hybridized carbons (Fsp3) is 0.625. The molecule has 0 aliphatic carbocycles. The van der Waals surface area contributed by atoms with E-state index < -0.39 is 0 Å². The van der Waals surface area contributed by atoms with Crippen LogP contribution in [-0.2, 0) is 4.74 Å². The molecule has 0 aromatic heterocycles. The van der Waals surface area contributed by atoms with Gasteiger partial charge in [-0.3, -0.25) is 0 Å². The van der Waals surface area contributed by atoms with Crippen molar-refractivity contribution in [3.05, 3.63) is 18.2 Å². The summed E-state index contributed by atoms with van der Waals surface area (Å²) in [6.07, 6.45) is 2.80. The molecule has 1 heterocycles. The van der Waals surface area contributed by atoms with Crippen LogP contribution in [0, 0.1) is 0 Å². The van der Waals surface area contributed by atoms with E-state index in [1.165, 1.54) is 6.42 Å². The summed E-state index contributed by atoms with van der Waals surface area (Å²) >= 11 is 0. The maximum atomic E-state index is 5.97. The average Bonchev–Trinajstić information content (AvgIpc) is 2.91. The molecule has 0 bridgehead atoms. The van der Waals surface area contributed by atoms with E-state index in [1.807, 2.05) is 26.0 Å². The molecular formula is C16H26N2O2. The molecule has 20 heavy (non-hydrogen) atoms. The van der Waals surface area contributed by atoms with Crippen LogP contribution in [0.5, 0.6) is 5.75 Å². The van der Waals surface area contributed by atoms with E-state index in [1.54, 1.807) is 0 Å². The van der Waals surface area contributed by atoms with Gasteiger partial charge in [0.15, 0.2) is 0 Å². The van der Waals surface area contributed by atoms with Gasteiger partial charge in [0.25, 0.3) is 0 Å². The average molecular weight is 278 g/mol. The van der Waals surface area contributed by atoms with Crippen LogP contribution in [0.3, 0.4) is 0 Å². The molecule has 112 valence electrons. The highest BCUT2D eigenvalue weighted by Crippen LogP contribution is 2.29. The van der Waals surface area contributed by atoms with Crippen LogP contribution in [0.4, 0.5) is 11.4 Å². The Kier molecular flexibility index (Phi) is 5.12. The van der Waals surface area contributed by atoms with Crippen molar-refractivity contribution in [3.8, 4) is 5.75 Å². The third-order valence-electron chi connectivity index (χ3n) is 3.55. The Morgan fingerprint density at radius 2 is 2.25 bits per heavy atom. The van der Waals surface area contributed by atoms with Gasteiger partial charge in [0.2, 0.25) is 0 Å². The summed E-state index contributed by atoms with van der Waals surface area (Å²) in [6.45, 7) is 8.96. The van der Waals surface area contributed by atoms with Crippen molar-refractivity contribution in [1.82, 2.24) is 0 Å². The van der Waals surface area contributed by atoms with Gasteiger partial charge >= 0.3 is 0 Å². The van der Waals surface area contributed by atoms with Gasteiger partial charge in [0.05, 0.1) is 17.9 Å². The zero-order valence-electron chi connectivity index (χ0n) is 12.8. The molecule has 1 atom stereocenters.